The van der Waals surface area contributed by atoms with Gasteiger partial charge in [0.05, 0.1) is 11.4 Å². The van der Waals surface area contributed by atoms with Crippen LogP contribution in [-0.2, 0) is 11.2 Å². The third kappa shape index (κ3) is 4.16. The maximum absolute atomic E-state index is 11.6. The van der Waals surface area contributed by atoms with E-state index in [-0.39, 0.29) is 5.91 Å². The van der Waals surface area contributed by atoms with Crippen molar-refractivity contribution in [3.8, 4) is 0 Å². The van der Waals surface area contributed by atoms with Crippen LogP contribution in [0.5, 0.6) is 0 Å². The highest BCUT2D eigenvalue weighted by molar-refractivity contribution is 5.76. The molecule has 0 fully saturated rings. The normalized spacial score (nSPS) is 10.3. The van der Waals surface area contributed by atoms with Crippen LogP contribution in [0, 0.1) is 0 Å². The Morgan fingerprint density at radius 3 is 2.32 bits per heavy atom. The molecule has 0 saturated carbocycles. The number of anilines is 2. The fourth-order valence-corrected chi connectivity index (χ4v) is 2.09. The first-order chi connectivity index (χ1) is 8.99. The molecule has 1 rings (SSSR count). The molecular weight excluding hydrogens is 238 g/mol. The zero-order valence-corrected chi connectivity index (χ0v) is 12.4. The molecule has 0 saturated heterocycles. The lowest BCUT2D eigenvalue weighted by Gasteiger charge is -2.23. The minimum Gasteiger partial charge on any atom is -0.397 e. The van der Waals surface area contributed by atoms with Crippen LogP contribution in [0.3, 0.4) is 0 Å². The van der Waals surface area contributed by atoms with Gasteiger partial charge in [-0.3, -0.25) is 4.79 Å². The largest absolute Gasteiger partial charge is 0.397 e. The Morgan fingerprint density at radius 2 is 1.84 bits per heavy atom. The van der Waals surface area contributed by atoms with Crippen LogP contribution in [0.4, 0.5) is 11.4 Å². The van der Waals surface area contributed by atoms with Gasteiger partial charge < -0.3 is 15.5 Å². The number of rotatable bonds is 6. The highest BCUT2D eigenvalue weighted by atomic mass is 16.2. The summed E-state index contributed by atoms with van der Waals surface area (Å²) in [5.74, 6) is 0.145. The Kier molecular flexibility index (Phi) is 5.67. The van der Waals surface area contributed by atoms with E-state index in [0.717, 1.165) is 36.4 Å². The molecule has 0 atom stereocenters. The number of nitrogen functional groups attached to an aromatic ring is 1. The van der Waals surface area contributed by atoms with Gasteiger partial charge in [0.25, 0.3) is 0 Å². The molecule has 0 heterocycles. The van der Waals surface area contributed by atoms with Gasteiger partial charge >= 0.3 is 0 Å². The van der Waals surface area contributed by atoms with Crippen molar-refractivity contribution in [1.29, 1.82) is 0 Å². The molecule has 0 aliphatic rings. The molecule has 1 aromatic rings. The van der Waals surface area contributed by atoms with Crippen LogP contribution >= 0.6 is 0 Å². The molecule has 0 aromatic heterocycles. The number of amides is 1. The Morgan fingerprint density at radius 1 is 1.21 bits per heavy atom. The minimum atomic E-state index is 0.145. The van der Waals surface area contributed by atoms with Crippen LogP contribution in [0.25, 0.3) is 0 Å². The van der Waals surface area contributed by atoms with Gasteiger partial charge in [-0.15, -0.1) is 0 Å². The zero-order chi connectivity index (χ0) is 14.4. The lowest BCUT2D eigenvalue weighted by molar-refractivity contribution is -0.128. The second-order valence-electron chi connectivity index (χ2n) is 4.85. The highest BCUT2D eigenvalue weighted by Crippen LogP contribution is 2.24. The second-order valence-corrected chi connectivity index (χ2v) is 4.85. The number of carbonyl (C=O) groups excluding carboxylic acids is 1. The molecular formula is C15H25N3O. The lowest BCUT2D eigenvalue weighted by Crippen LogP contribution is -2.23. The summed E-state index contributed by atoms with van der Waals surface area (Å²) in [5, 5.41) is 0. The summed E-state index contributed by atoms with van der Waals surface area (Å²) in [6, 6.07) is 6.10. The predicted molar refractivity (Wildman–Crippen MR) is 81.4 cm³/mol. The van der Waals surface area contributed by atoms with Crippen molar-refractivity contribution < 1.29 is 4.79 Å². The number of nitrogens with two attached hydrogens (primary N) is 1. The zero-order valence-electron chi connectivity index (χ0n) is 12.4. The van der Waals surface area contributed by atoms with E-state index >= 15 is 0 Å². The molecule has 0 spiro atoms. The van der Waals surface area contributed by atoms with Crippen LogP contribution < -0.4 is 10.6 Å². The van der Waals surface area contributed by atoms with Crippen molar-refractivity contribution >= 4 is 17.3 Å². The summed E-state index contributed by atoms with van der Waals surface area (Å²) in [7, 11) is 3.56. The van der Waals surface area contributed by atoms with Gasteiger partial charge in [-0.2, -0.15) is 0 Å². The molecule has 0 unspecified atom stereocenters. The Labute approximate surface area is 116 Å². The number of hydrogen-bond donors (Lipinski definition) is 1. The van der Waals surface area contributed by atoms with Crippen molar-refractivity contribution in [3.63, 3.8) is 0 Å². The molecule has 0 radical (unpaired) electrons. The fraction of sp³-hybridized carbons (Fsp3) is 0.533. The van der Waals surface area contributed by atoms with Gasteiger partial charge in [-0.1, -0.05) is 6.07 Å². The van der Waals surface area contributed by atoms with E-state index in [4.69, 9.17) is 5.73 Å². The summed E-state index contributed by atoms with van der Waals surface area (Å²) in [5.41, 5.74) is 9.08. The molecule has 1 amide bonds. The molecule has 0 aliphatic heterocycles. The number of hydrogen-bond acceptors (Lipinski definition) is 3. The van der Waals surface area contributed by atoms with E-state index in [9.17, 15) is 4.79 Å². The lowest BCUT2D eigenvalue weighted by atomic mass is 10.1. The van der Waals surface area contributed by atoms with Crippen LogP contribution in [0.15, 0.2) is 18.2 Å². The average Bonchev–Trinajstić information content (AvgIpc) is 2.39. The molecule has 0 bridgehead atoms. The van der Waals surface area contributed by atoms with Gasteiger partial charge in [0.15, 0.2) is 0 Å². The van der Waals surface area contributed by atoms with E-state index in [1.807, 2.05) is 6.07 Å². The SMILES string of the molecule is CCN(CC)c1ccc(CCC(=O)N(C)C)cc1N. The van der Waals surface area contributed by atoms with Gasteiger partial charge in [-0.05, 0) is 38.0 Å². The molecule has 1 aromatic carbocycles. The van der Waals surface area contributed by atoms with E-state index in [0.29, 0.717) is 6.42 Å². The first-order valence-electron chi connectivity index (χ1n) is 6.83. The Bertz CT molecular complexity index is 425. The number of benzene rings is 1. The van der Waals surface area contributed by atoms with Crippen LogP contribution in [0.2, 0.25) is 0 Å². The number of nitrogens with zero attached hydrogens (tertiary/aromatic N) is 2. The predicted octanol–water partition coefficient (Wildman–Crippen LogP) is 2.14. The van der Waals surface area contributed by atoms with Gasteiger partial charge in [-0.25, -0.2) is 0 Å². The smallest absolute Gasteiger partial charge is 0.222 e. The molecule has 4 heteroatoms. The van der Waals surface area contributed by atoms with Crippen molar-refractivity contribution in [3.05, 3.63) is 23.8 Å². The van der Waals surface area contributed by atoms with Crippen molar-refractivity contribution in [2.45, 2.75) is 26.7 Å². The summed E-state index contributed by atoms with van der Waals surface area (Å²) >= 11 is 0. The third-order valence-electron chi connectivity index (χ3n) is 3.32. The quantitative estimate of drug-likeness (QED) is 0.800. The third-order valence-corrected chi connectivity index (χ3v) is 3.32. The van der Waals surface area contributed by atoms with Gasteiger partial charge in [0.1, 0.15) is 0 Å². The van der Waals surface area contributed by atoms with Crippen LogP contribution in [0.1, 0.15) is 25.8 Å². The summed E-state index contributed by atoms with van der Waals surface area (Å²) in [6.45, 7) is 6.12. The van der Waals surface area contributed by atoms with E-state index in [1.54, 1.807) is 19.0 Å². The van der Waals surface area contributed by atoms with Crippen LogP contribution in [-0.4, -0.2) is 38.0 Å². The summed E-state index contributed by atoms with van der Waals surface area (Å²) < 4.78 is 0. The summed E-state index contributed by atoms with van der Waals surface area (Å²) in [6.07, 6.45) is 1.26. The number of carbonyl (C=O) groups is 1. The highest BCUT2D eigenvalue weighted by Gasteiger charge is 2.08. The number of aryl methyl sites for hydroxylation is 1. The average molecular weight is 263 g/mol. The van der Waals surface area contributed by atoms with E-state index in [2.05, 4.69) is 30.9 Å². The van der Waals surface area contributed by atoms with Gasteiger partial charge in [0.2, 0.25) is 5.91 Å². The first-order valence-corrected chi connectivity index (χ1v) is 6.83. The first kappa shape index (κ1) is 15.3. The molecule has 4 nitrogen and oxygen atoms in total. The second kappa shape index (κ2) is 7.02. The maximum Gasteiger partial charge on any atom is 0.222 e. The Hall–Kier alpha value is -1.71. The van der Waals surface area contributed by atoms with Gasteiger partial charge in [0, 0.05) is 33.6 Å². The maximum atomic E-state index is 11.6. The molecule has 106 valence electrons. The molecule has 2 N–H and O–H groups in total. The monoisotopic (exact) mass is 263 g/mol. The van der Waals surface area contributed by atoms with Crippen molar-refractivity contribution in [1.82, 2.24) is 4.90 Å². The fourth-order valence-electron chi connectivity index (χ4n) is 2.09. The Balaban J connectivity index is 2.74. The van der Waals surface area contributed by atoms with E-state index in [1.165, 1.54) is 0 Å². The minimum absolute atomic E-state index is 0.145. The van der Waals surface area contributed by atoms with Crippen molar-refractivity contribution in [2.24, 2.45) is 0 Å². The summed E-state index contributed by atoms with van der Waals surface area (Å²) in [4.78, 5) is 15.4. The van der Waals surface area contributed by atoms with E-state index < -0.39 is 0 Å². The topological polar surface area (TPSA) is 49.6 Å². The molecule has 19 heavy (non-hydrogen) atoms. The molecule has 0 aliphatic carbocycles. The standard InChI is InChI=1S/C15H25N3O/c1-5-18(6-2)14-9-7-12(11-13(14)16)8-10-15(19)17(3)4/h7,9,11H,5-6,8,10,16H2,1-4H3. The van der Waals surface area contributed by atoms with Crippen molar-refractivity contribution in [2.75, 3.05) is 37.8 Å².